The molecule has 1 aliphatic rings. The maximum atomic E-state index is 2.41. The van der Waals surface area contributed by atoms with Gasteiger partial charge in [0.15, 0.2) is 0 Å². The van der Waals surface area contributed by atoms with Gasteiger partial charge in [-0.25, -0.2) is 0 Å². The van der Waals surface area contributed by atoms with Gasteiger partial charge in [-0.05, 0) is 36.8 Å². The van der Waals surface area contributed by atoms with E-state index in [0.717, 1.165) is 11.8 Å². The van der Waals surface area contributed by atoms with Crippen LogP contribution in [0.25, 0.3) is 0 Å². The monoisotopic (exact) mass is 264 g/mol. The fraction of sp³-hybridized carbons (Fsp3) is 0.400. The van der Waals surface area contributed by atoms with Crippen LogP contribution in [0, 0.1) is 25.7 Å². The predicted molar refractivity (Wildman–Crippen MR) is 86.1 cm³/mol. The number of benzene rings is 2. The van der Waals surface area contributed by atoms with Gasteiger partial charge in [-0.15, -0.1) is 0 Å². The van der Waals surface area contributed by atoms with Crippen molar-refractivity contribution in [3.8, 4) is 0 Å². The Kier molecular flexibility index (Phi) is 3.20. The van der Waals surface area contributed by atoms with E-state index in [0.29, 0.717) is 0 Å². The van der Waals surface area contributed by atoms with Crippen molar-refractivity contribution in [2.45, 2.75) is 39.5 Å². The molecule has 0 spiro atoms. The van der Waals surface area contributed by atoms with Crippen LogP contribution < -0.4 is 0 Å². The van der Waals surface area contributed by atoms with Crippen LogP contribution in [0.15, 0.2) is 48.5 Å². The van der Waals surface area contributed by atoms with E-state index in [-0.39, 0.29) is 5.41 Å². The Bertz CT molecular complexity index is 543. The highest BCUT2D eigenvalue weighted by Crippen LogP contribution is 2.65. The molecule has 2 aromatic carbocycles. The Hall–Kier alpha value is -1.56. The molecule has 0 N–H and O–H groups in total. The summed E-state index contributed by atoms with van der Waals surface area (Å²) in [4.78, 5) is 0. The molecule has 0 aromatic heterocycles. The lowest BCUT2D eigenvalue weighted by molar-refractivity contribution is 0.674. The molecule has 0 bridgehead atoms. The molecule has 20 heavy (non-hydrogen) atoms. The first-order chi connectivity index (χ1) is 9.60. The smallest absolute Gasteiger partial charge is 0.0262 e. The van der Waals surface area contributed by atoms with Crippen LogP contribution in [0.2, 0.25) is 0 Å². The second kappa shape index (κ2) is 4.77. The van der Waals surface area contributed by atoms with Gasteiger partial charge in [0.25, 0.3) is 0 Å². The lowest BCUT2D eigenvalue weighted by Gasteiger charge is -2.20. The lowest BCUT2D eigenvalue weighted by atomic mass is 9.83. The van der Waals surface area contributed by atoms with E-state index in [1.807, 2.05) is 0 Å². The van der Waals surface area contributed by atoms with E-state index in [2.05, 4.69) is 76.2 Å². The Morgan fingerprint density at radius 3 is 1.50 bits per heavy atom. The van der Waals surface area contributed by atoms with Gasteiger partial charge in [-0.1, -0.05) is 79.9 Å². The standard InChI is InChI=1S/C20H24/c1-5-19-16(4)20(19,17-10-6-14(2)7-11-17)18-12-8-15(3)9-13-18/h6-13,16,19H,5H2,1-4H3/t16-,19+/m0/s1. The van der Waals surface area contributed by atoms with Crippen LogP contribution in [-0.2, 0) is 5.41 Å². The van der Waals surface area contributed by atoms with Crippen molar-refractivity contribution in [2.24, 2.45) is 11.8 Å². The van der Waals surface area contributed by atoms with E-state index in [1.54, 1.807) is 0 Å². The first kappa shape index (κ1) is 13.4. The molecular formula is C20H24. The maximum Gasteiger partial charge on any atom is 0.0262 e. The SMILES string of the molecule is CC[C@@H]1[C@H](C)C1(c1ccc(C)cc1)c1ccc(C)cc1. The minimum atomic E-state index is 0.246. The molecule has 1 saturated carbocycles. The van der Waals surface area contributed by atoms with Gasteiger partial charge < -0.3 is 0 Å². The Balaban J connectivity index is 2.11. The number of rotatable bonds is 3. The number of hydrogen-bond acceptors (Lipinski definition) is 0. The third kappa shape index (κ3) is 1.82. The highest BCUT2D eigenvalue weighted by molar-refractivity contribution is 5.49. The van der Waals surface area contributed by atoms with Crippen molar-refractivity contribution in [3.05, 3.63) is 70.8 Å². The van der Waals surface area contributed by atoms with Crippen molar-refractivity contribution in [1.82, 2.24) is 0 Å². The van der Waals surface area contributed by atoms with Gasteiger partial charge in [0, 0.05) is 5.41 Å². The summed E-state index contributed by atoms with van der Waals surface area (Å²) >= 11 is 0. The molecule has 0 aliphatic heterocycles. The predicted octanol–water partition coefficient (Wildman–Crippen LogP) is 5.27. The molecule has 104 valence electrons. The van der Waals surface area contributed by atoms with Crippen LogP contribution in [0.5, 0.6) is 0 Å². The average molecular weight is 264 g/mol. The van der Waals surface area contributed by atoms with Crippen LogP contribution in [-0.4, -0.2) is 0 Å². The van der Waals surface area contributed by atoms with Crippen LogP contribution >= 0.6 is 0 Å². The zero-order chi connectivity index (χ0) is 14.3. The second-order valence-corrected chi connectivity index (χ2v) is 6.40. The van der Waals surface area contributed by atoms with E-state index >= 15 is 0 Å². The van der Waals surface area contributed by atoms with Crippen molar-refractivity contribution < 1.29 is 0 Å². The van der Waals surface area contributed by atoms with Crippen molar-refractivity contribution >= 4 is 0 Å². The third-order valence-corrected chi connectivity index (χ3v) is 5.30. The van der Waals surface area contributed by atoms with Gasteiger partial charge in [-0.3, -0.25) is 0 Å². The molecule has 3 rings (SSSR count). The van der Waals surface area contributed by atoms with Crippen LogP contribution in [0.4, 0.5) is 0 Å². The number of aryl methyl sites for hydroxylation is 2. The van der Waals surface area contributed by atoms with Gasteiger partial charge in [-0.2, -0.15) is 0 Å². The molecule has 1 aliphatic carbocycles. The first-order valence-corrected chi connectivity index (χ1v) is 7.75. The summed E-state index contributed by atoms with van der Waals surface area (Å²) in [6.07, 6.45) is 1.25. The molecule has 0 nitrogen and oxygen atoms in total. The summed E-state index contributed by atoms with van der Waals surface area (Å²) in [5.41, 5.74) is 5.91. The molecule has 0 radical (unpaired) electrons. The van der Waals surface area contributed by atoms with Crippen molar-refractivity contribution in [3.63, 3.8) is 0 Å². The summed E-state index contributed by atoms with van der Waals surface area (Å²) in [7, 11) is 0. The summed E-state index contributed by atoms with van der Waals surface area (Å²) in [5.74, 6) is 1.51. The molecule has 0 unspecified atom stereocenters. The molecule has 0 heterocycles. The molecule has 0 amide bonds. The quantitative estimate of drug-likeness (QED) is 0.709. The zero-order valence-electron chi connectivity index (χ0n) is 13.0. The van der Waals surface area contributed by atoms with E-state index in [9.17, 15) is 0 Å². The molecule has 2 aromatic rings. The van der Waals surface area contributed by atoms with Gasteiger partial charge in [0.1, 0.15) is 0 Å². The summed E-state index contributed by atoms with van der Waals surface area (Å²) < 4.78 is 0. The molecule has 0 heteroatoms. The van der Waals surface area contributed by atoms with Crippen LogP contribution in [0.3, 0.4) is 0 Å². The molecule has 1 fully saturated rings. The topological polar surface area (TPSA) is 0 Å². The third-order valence-electron chi connectivity index (χ3n) is 5.30. The summed E-state index contributed by atoms with van der Waals surface area (Å²) in [6, 6.07) is 18.4. The maximum absolute atomic E-state index is 2.41. The summed E-state index contributed by atoms with van der Waals surface area (Å²) in [5, 5.41) is 0. The first-order valence-electron chi connectivity index (χ1n) is 7.75. The largest absolute Gasteiger partial charge is 0.0651 e. The Morgan fingerprint density at radius 1 is 0.800 bits per heavy atom. The van der Waals surface area contributed by atoms with Gasteiger partial charge in [0.05, 0.1) is 0 Å². The second-order valence-electron chi connectivity index (χ2n) is 6.40. The molecule has 2 atom stereocenters. The summed E-state index contributed by atoms with van der Waals surface area (Å²) in [6.45, 7) is 9.06. The minimum Gasteiger partial charge on any atom is -0.0651 e. The molecule has 0 saturated heterocycles. The fourth-order valence-corrected chi connectivity index (χ4v) is 4.10. The van der Waals surface area contributed by atoms with Gasteiger partial charge >= 0.3 is 0 Å². The Labute approximate surface area is 122 Å². The number of hydrogen-bond donors (Lipinski definition) is 0. The lowest BCUT2D eigenvalue weighted by Crippen LogP contribution is -2.14. The van der Waals surface area contributed by atoms with E-state index < -0.39 is 0 Å². The van der Waals surface area contributed by atoms with E-state index in [4.69, 9.17) is 0 Å². The highest BCUT2D eigenvalue weighted by Gasteiger charge is 2.62. The minimum absolute atomic E-state index is 0.246. The fourth-order valence-electron chi connectivity index (χ4n) is 4.10. The van der Waals surface area contributed by atoms with Crippen molar-refractivity contribution in [2.75, 3.05) is 0 Å². The van der Waals surface area contributed by atoms with Crippen LogP contribution in [0.1, 0.15) is 42.5 Å². The average Bonchev–Trinajstić information content (AvgIpc) is 3.06. The Morgan fingerprint density at radius 2 is 1.20 bits per heavy atom. The highest BCUT2D eigenvalue weighted by atomic mass is 14.6. The van der Waals surface area contributed by atoms with Gasteiger partial charge in [0.2, 0.25) is 0 Å². The van der Waals surface area contributed by atoms with Crippen molar-refractivity contribution in [1.29, 1.82) is 0 Å². The zero-order valence-corrected chi connectivity index (χ0v) is 13.0. The normalized spacial score (nSPS) is 23.6. The van der Waals surface area contributed by atoms with E-state index in [1.165, 1.54) is 28.7 Å². The molecular weight excluding hydrogens is 240 g/mol.